The normalized spacial score (nSPS) is 8.83. The van der Waals surface area contributed by atoms with E-state index in [9.17, 15) is 0 Å². The molecule has 0 fully saturated rings. The van der Waals surface area contributed by atoms with Crippen molar-refractivity contribution in [3.8, 4) is 0 Å². The number of rotatable bonds is 6. The molecule has 0 N–H and O–H groups in total. The molecule has 2 aromatic rings. The van der Waals surface area contributed by atoms with E-state index in [2.05, 4.69) is 81.4 Å². The fourth-order valence-corrected chi connectivity index (χ4v) is 2.30. The Morgan fingerprint density at radius 2 is 0.958 bits per heavy atom. The van der Waals surface area contributed by atoms with Crippen molar-refractivity contribution in [2.45, 2.75) is 58.8 Å². The maximum atomic E-state index is 2.26. The molecule has 0 atom stereocenters. The molecule has 3 heteroatoms. The maximum absolute atomic E-state index is 2.26. The van der Waals surface area contributed by atoms with Crippen molar-refractivity contribution in [1.29, 1.82) is 0 Å². The summed E-state index contributed by atoms with van der Waals surface area (Å²) in [5.41, 5.74) is 2.87. The number of halogens is 3. The van der Waals surface area contributed by atoms with Crippen LogP contribution in [-0.2, 0) is 0 Å². The van der Waals surface area contributed by atoms with Crippen molar-refractivity contribution in [2.24, 2.45) is 0 Å². The SMILES string of the molecule is CCCC.CCCCC(c1ccccc1)c1ccccc1.Cl.Cl.Cl. The van der Waals surface area contributed by atoms with Crippen LogP contribution >= 0.6 is 37.2 Å². The highest BCUT2D eigenvalue weighted by atomic mass is 35.5. The van der Waals surface area contributed by atoms with Crippen LogP contribution in [0.5, 0.6) is 0 Å². The molecule has 0 unspecified atom stereocenters. The third-order valence-electron chi connectivity index (χ3n) is 3.75. The Bertz CT molecular complexity index is 416. The number of benzene rings is 2. The van der Waals surface area contributed by atoms with Crippen LogP contribution in [0.3, 0.4) is 0 Å². The minimum atomic E-state index is 0. The first-order valence-electron chi connectivity index (χ1n) is 8.43. The second-order valence-electron chi connectivity index (χ2n) is 5.52. The summed E-state index contributed by atoms with van der Waals surface area (Å²) in [6.07, 6.45) is 6.43. The van der Waals surface area contributed by atoms with E-state index in [1.807, 2.05) is 0 Å². The smallest absolute Gasteiger partial charge is 0.00893 e. The van der Waals surface area contributed by atoms with Gasteiger partial charge in [0.25, 0.3) is 0 Å². The third kappa shape index (κ3) is 11.0. The van der Waals surface area contributed by atoms with Crippen molar-refractivity contribution in [2.75, 3.05) is 0 Å². The van der Waals surface area contributed by atoms with Crippen LogP contribution in [0.15, 0.2) is 60.7 Å². The summed E-state index contributed by atoms with van der Waals surface area (Å²) in [5, 5.41) is 0. The van der Waals surface area contributed by atoms with Gasteiger partial charge in [-0.15, -0.1) is 37.2 Å². The Balaban J connectivity index is -0.000000571. The average molecular weight is 392 g/mol. The van der Waals surface area contributed by atoms with Gasteiger partial charge in [0.2, 0.25) is 0 Å². The zero-order chi connectivity index (χ0) is 15.3. The lowest BCUT2D eigenvalue weighted by Crippen LogP contribution is -2.00. The molecule has 0 bridgehead atoms. The lowest BCUT2D eigenvalue weighted by atomic mass is 9.87. The van der Waals surface area contributed by atoms with E-state index in [4.69, 9.17) is 0 Å². The Kier molecular flexibility index (Phi) is 21.9. The summed E-state index contributed by atoms with van der Waals surface area (Å²) in [4.78, 5) is 0. The molecule has 0 radical (unpaired) electrons. The van der Waals surface area contributed by atoms with Crippen molar-refractivity contribution in [1.82, 2.24) is 0 Å². The first kappa shape index (κ1) is 28.1. The Morgan fingerprint density at radius 1 is 0.583 bits per heavy atom. The molecule has 24 heavy (non-hydrogen) atoms. The molecule has 0 saturated heterocycles. The lowest BCUT2D eigenvalue weighted by Gasteiger charge is -2.17. The highest BCUT2D eigenvalue weighted by Crippen LogP contribution is 2.29. The minimum Gasteiger partial charge on any atom is -0.147 e. The molecular formula is C21H33Cl3. The van der Waals surface area contributed by atoms with Gasteiger partial charge in [0.1, 0.15) is 0 Å². The van der Waals surface area contributed by atoms with Gasteiger partial charge in [-0.25, -0.2) is 0 Å². The van der Waals surface area contributed by atoms with Gasteiger partial charge in [0.05, 0.1) is 0 Å². The van der Waals surface area contributed by atoms with Gasteiger partial charge in [-0.2, -0.15) is 0 Å². The molecule has 2 aromatic carbocycles. The van der Waals surface area contributed by atoms with E-state index in [1.54, 1.807) is 0 Å². The lowest BCUT2D eigenvalue weighted by molar-refractivity contribution is 0.650. The highest BCUT2D eigenvalue weighted by molar-refractivity contribution is 5.86. The van der Waals surface area contributed by atoms with Crippen LogP contribution in [0.2, 0.25) is 0 Å². The molecule has 0 aliphatic heterocycles. The van der Waals surface area contributed by atoms with Crippen LogP contribution in [-0.4, -0.2) is 0 Å². The number of hydrogen-bond donors (Lipinski definition) is 0. The second kappa shape index (κ2) is 18.6. The Labute approximate surface area is 167 Å². The van der Waals surface area contributed by atoms with Crippen molar-refractivity contribution in [3.05, 3.63) is 71.8 Å². The quantitative estimate of drug-likeness (QED) is 0.466. The molecule has 0 aliphatic rings. The van der Waals surface area contributed by atoms with Crippen LogP contribution in [0.4, 0.5) is 0 Å². The molecule has 0 spiro atoms. The van der Waals surface area contributed by atoms with E-state index >= 15 is 0 Å². The predicted octanol–water partition coefficient (Wildman–Crippen LogP) is 8.08. The molecule has 0 aliphatic carbocycles. The van der Waals surface area contributed by atoms with Gasteiger partial charge in [-0.05, 0) is 17.5 Å². The van der Waals surface area contributed by atoms with Crippen molar-refractivity contribution in [3.63, 3.8) is 0 Å². The van der Waals surface area contributed by atoms with E-state index in [0.29, 0.717) is 5.92 Å². The summed E-state index contributed by atoms with van der Waals surface area (Å²) < 4.78 is 0. The van der Waals surface area contributed by atoms with E-state index < -0.39 is 0 Å². The average Bonchev–Trinajstić information content (AvgIpc) is 2.57. The van der Waals surface area contributed by atoms with Crippen LogP contribution in [0.25, 0.3) is 0 Å². The fourth-order valence-electron chi connectivity index (χ4n) is 2.30. The highest BCUT2D eigenvalue weighted by Gasteiger charge is 2.12. The third-order valence-corrected chi connectivity index (χ3v) is 3.75. The molecule has 0 nitrogen and oxygen atoms in total. The number of hydrogen-bond acceptors (Lipinski definition) is 0. The van der Waals surface area contributed by atoms with Gasteiger partial charge >= 0.3 is 0 Å². The van der Waals surface area contributed by atoms with Crippen molar-refractivity contribution < 1.29 is 0 Å². The first-order chi connectivity index (χ1) is 10.3. The van der Waals surface area contributed by atoms with Gasteiger partial charge in [-0.1, -0.05) is 107 Å². The zero-order valence-corrected chi connectivity index (χ0v) is 17.6. The molecule has 138 valence electrons. The standard InChI is InChI=1S/C17H20.C4H10.3ClH/c1-2-3-14-17(15-10-6-4-7-11-15)16-12-8-5-9-13-16;1-3-4-2;;;/h4-13,17H,2-3,14H2,1H3;3-4H2,1-2H3;3*1H. The van der Waals surface area contributed by atoms with E-state index in [1.165, 1.54) is 43.2 Å². The van der Waals surface area contributed by atoms with Gasteiger partial charge in [-0.3, -0.25) is 0 Å². The fraction of sp³-hybridized carbons (Fsp3) is 0.429. The molecule has 2 rings (SSSR count). The van der Waals surface area contributed by atoms with Crippen LogP contribution in [0, 0.1) is 0 Å². The summed E-state index contributed by atoms with van der Waals surface area (Å²) >= 11 is 0. The molecular weight excluding hydrogens is 359 g/mol. The summed E-state index contributed by atoms with van der Waals surface area (Å²) in [7, 11) is 0. The topological polar surface area (TPSA) is 0 Å². The summed E-state index contributed by atoms with van der Waals surface area (Å²) in [6, 6.07) is 21.7. The Morgan fingerprint density at radius 3 is 1.25 bits per heavy atom. The van der Waals surface area contributed by atoms with E-state index in [0.717, 1.165) is 0 Å². The van der Waals surface area contributed by atoms with Gasteiger partial charge < -0.3 is 0 Å². The molecule has 0 heterocycles. The monoisotopic (exact) mass is 390 g/mol. The first-order valence-corrected chi connectivity index (χ1v) is 8.43. The van der Waals surface area contributed by atoms with Gasteiger partial charge in [0, 0.05) is 5.92 Å². The zero-order valence-electron chi connectivity index (χ0n) is 15.1. The van der Waals surface area contributed by atoms with Crippen LogP contribution in [0.1, 0.15) is 69.9 Å². The minimum absolute atomic E-state index is 0. The van der Waals surface area contributed by atoms with Gasteiger partial charge in [0.15, 0.2) is 0 Å². The second-order valence-corrected chi connectivity index (χ2v) is 5.52. The van der Waals surface area contributed by atoms with E-state index in [-0.39, 0.29) is 37.2 Å². The van der Waals surface area contributed by atoms with Crippen LogP contribution < -0.4 is 0 Å². The summed E-state index contributed by atoms with van der Waals surface area (Å²) in [6.45, 7) is 6.62. The largest absolute Gasteiger partial charge is 0.147 e. The van der Waals surface area contributed by atoms with Crippen molar-refractivity contribution >= 4 is 37.2 Å². The summed E-state index contributed by atoms with van der Waals surface area (Å²) in [5.74, 6) is 0.553. The molecule has 0 amide bonds. The number of unbranched alkanes of at least 4 members (excludes halogenated alkanes) is 2. The Hall–Kier alpha value is -0.690. The molecule has 0 saturated carbocycles. The molecule has 0 aromatic heterocycles. The maximum Gasteiger partial charge on any atom is 0.00893 e. The predicted molar refractivity (Wildman–Crippen MR) is 117 cm³/mol.